The molecule has 0 saturated carbocycles. The minimum absolute atomic E-state index is 0.0528. The molecule has 0 radical (unpaired) electrons. The second-order valence-corrected chi connectivity index (χ2v) is 48.6. The van der Waals surface area contributed by atoms with Gasteiger partial charge in [-0.05, 0) is 322 Å². The summed E-state index contributed by atoms with van der Waals surface area (Å²) in [6.45, 7) is 55.8. The van der Waals surface area contributed by atoms with E-state index in [4.69, 9.17) is 19.9 Å². The Morgan fingerprint density at radius 2 is 0.329 bits per heavy atom. The molecule has 2 heterocycles. The smallest absolute Gasteiger partial charge is 0.0973 e. The van der Waals surface area contributed by atoms with Gasteiger partial charge in [-0.2, -0.15) is 0 Å². The van der Waals surface area contributed by atoms with Crippen molar-refractivity contribution in [3.63, 3.8) is 0 Å². The molecule has 0 atom stereocenters. The Hall–Kier alpha value is -14.3. The maximum absolute atomic E-state index is 5.51. The first kappa shape index (κ1) is 89.6. The van der Waals surface area contributed by atoms with Crippen LogP contribution in [0.5, 0.6) is 0 Å². The van der Waals surface area contributed by atoms with Crippen LogP contribution in [0.2, 0.25) is 0 Å². The van der Waals surface area contributed by atoms with Crippen LogP contribution in [0, 0.1) is 0 Å². The number of nitrogens with zero attached hydrogens (tertiary/aromatic N) is 4. The second-order valence-electron chi connectivity index (χ2n) is 48.6. The summed E-state index contributed by atoms with van der Waals surface area (Å²) < 4.78 is 0. The summed E-state index contributed by atoms with van der Waals surface area (Å²) in [4.78, 5) is 21.8. The molecule has 22 aromatic carbocycles. The van der Waals surface area contributed by atoms with Crippen molar-refractivity contribution in [3.05, 3.63) is 360 Å². The lowest BCUT2D eigenvalue weighted by Crippen LogP contribution is -2.13. The van der Waals surface area contributed by atoms with Crippen molar-refractivity contribution >= 4 is 151 Å². The van der Waals surface area contributed by atoms with E-state index >= 15 is 0 Å². The third kappa shape index (κ3) is 15.1. The highest BCUT2D eigenvalue weighted by atomic mass is 14.8. The van der Waals surface area contributed by atoms with Crippen LogP contribution in [0.1, 0.15) is 211 Å². The quantitative estimate of drug-likeness (QED) is 0.142. The summed E-state index contributed by atoms with van der Waals surface area (Å²) in [5.74, 6) is 0. The van der Waals surface area contributed by atoms with Crippen molar-refractivity contribution < 1.29 is 0 Å². The van der Waals surface area contributed by atoms with Crippen molar-refractivity contribution in [2.75, 3.05) is 0 Å². The maximum atomic E-state index is 5.51. The van der Waals surface area contributed by atoms with Crippen LogP contribution in [-0.4, -0.2) is 19.9 Å². The molecule has 0 amide bonds. The molecule has 688 valence electrons. The van der Waals surface area contributed by atoms with Gasteiger partial charge in [-0.25, -0.2) is 19.9 Å². The van der Waals surface area contributed by atoms with Gasteiger partial charge in [0, 0.05) is 22.3 Å². The van der Waals surface area contributed by atoms with Crippen LogP contribution in [0.4, 0.5) is 0 Å². The van der Waals surface area contributed by atoms with Crippen LogP contribution >= 0.6 is 0 Å². The maximum Gasteiger partial charge on any atom is 0.0973 e. The lowest BCUT2D eigenvalue weighted by atomic mass is 9.76. The van der Waals surface area contributed by atoms with E-state index in [0.29, 0.717) is 0 Å². The van der Waals surface area contributed by atoms with Gasteiger partial charge in [-0.3, -0.25) is 0 Å². The fraction of sp³-hybridized carbons (Fsp3) is 0.235. The predicted molar refractivity (Wildman–Crippen MR) is 607 cm³/mol. The zero-order valence-electron chi connectivity index (χ0n) is 85.8. The molecule has 0 unspecified atom stereocenters. The van der Waals surface area contributed by atoms with Crippen molar-refractivity contribution in [2.45, 2.75) is 209 Å². The molecule has 140 heavy (non-hydrogen) atoms. The van der Waals surface area contributed by atoms with Gasteiger partial charge in [-0.15, -0.1) is 0 Å². The van der Waals surface area contributed by atoms with Gasteiger partial charge < -0.3 is 0 Å². The van der Waals surface area contributed by atoms with E-state index in [1.807, 2.05) is 0 Å². The zero-order chi connectivity index (χ0) is 97.6. The first-order valence-electron chi connectivity index (χ1n) is 50.4. The minimum Gasteiger partial charge on any atom is -0.244 e. The van der Waals surface area contributed by atoms with Crippen LogP contribution in [0.15, 0.2) is 315 Å². The summed E-state index contributed by atoms with van der Waals surface area (Å²) in [5, 5.41) is 31.5. The Morgan fingerprint density at radius 3 is 0.543 bits per heavy atom. The Balaban J connectivity index is 0.000000156. The molecule has 0 aliphatic rings. The molecule has 4 heteroatoms. The highest BCUT2D eigenvalue weighted by molar-refractivity contribution is 6.31. The fourth-order valence-corrected chi connectivity index (χ4v) is 23.0. The number of benzene rings is 22. The molecule has 0 fully saturated rings. The van der Waals surface area contributed by atoms with E-state index in [-0.39, 0.29) is 43.3 Å². The van der Waals surface area contributed by atoms with Crippen LogP contribution < -0.4 is 0 Å². The average Bonchev–Trinajstić information content (AvgIpc) is 0.725. The van der Waals surface area contributed by atoms with Crippen LogP contribution in [-0.2, 0) is 43.3 Å². The number of hydrogen-bond acceptors (Lipinski definition) is 4. The number of para-hydroxylation sites is 4. The molecular formula is C136H124N4. The third-order valence-electron chi connectivity index (χ3n) is 30.5. The van der Waals surface area contributed by atoms with Crippen molar-refractivity contribution in [1.29, 1.82) is 0 Å². The van der Waals surface area contributed by atoms with E-state index in [1.165, 1.54) is 218 Å². The SMILES string of the molecule is CC(C)(C)c1cc2ccc3cc(C(C)(C)C)c(-c4ccc(-c5nc6ccccc6nc5-c5ccc(-c6c(C(C)(C)C)cc7ccc8cc(C(C)(C)C)cc9ccc6c7c89)cc5)cc4)c4ccc(c1)c2c34.CC(C)(C)c1cc2ccc3cc(C(C)(C)C)c(-c4cccc(-c5nc6ccccc6nc5-c5cccc(-c6c(C(C)(C)C)cc7ccc8cc(C(C)(C)C)cc9ccc6c7c89)c5)c4)c4ccc(c1)c2c34. The van der Waals surface area contributed by atoms with Gasteiger partial charge in [0.1, 0.15) is 0 Å². The Morgan fingerprint density at radius 1 is 0.143 bits per heavy atom. The van der Waals surface area contributed by atoms with Gasteiger partial charge >= 0.3 is 0 Å². The Kier molecular flexibility index (Phi) is 20.2. The van der Waals surface area contributed by atoms with Gasteiger partial charge in [-0.1, -0.05) is 421 Å². The lowest BCUT2D eigenvalue weighted by Gasteiger charge is -2.27. The van der Waals surface area contributed by atoms with Crippen molar-refractivity contribution in [2.24, 2.45) is 0 Å². The van der Waals surface area contributed by atoms with Gasteiger partial charge in [0.25, 0.3) is 0 Å². The van der Waals surface area contributed by atoms with Crippen LogP contribution in [0.3, 0.4) is 0 Å². The third-order valence-corrected chi connectivity index (χ3v) is 30.5. The van der Waals surface area contributed by atoms with E-state index in [9.17, 15) is 0 Å². The summed E-state index contributed by atoms with van der Waals surface area (Å²) >= 11 is 0. The summed E-state index contributed by atoms with van der Waals surface area (Å²) in [6.07, 6.45) is 0. The fourth-order valence-electron chi connectivity index (χ4n) is 23.0. The number of aromatic nitrogens is 4. The molecule has 24 rings (SSSR count). The molecular weight excluding hydrogens is 1690 g/mol. The lowest BCUT2D eigenvalue weighted by molar-refractivity contribution is 0.591. The van der Waals surface area contributed by atoms with Crippen LogP contribution in [0.25, 0.3) is 241 Å². The molecule has 2 aromatic heterocycles. The topological polar surface area (TPSA) is 51.6 Å². The molecule has 0 aliphatic carbocycles. The molecule has 24 aromatic rings. The second kappa shape index (κ2) is 31.6. The van der Waals surface area contributed by atoms with E-state index in [0.717, 1.165) is 67.1 Å². The van der Waals surface area contributed by atoms with Gasteiger partial charge in [0.15, 0.2) is 0 Å². The highest BCUT2D eigenvalue weighted by Gasteiger charge is 2.33. The Bertz CT molecular complexity index is 8590. The zero-order valence-corrected chi connectivity index (χ0v) is 85.8. The number of rotatable bonds is 8. The van der Waals surface area contributed by atoms with E-state index in [1.54, 1.807) is 0 Å². The summed E-state index contributed by atoms with van der Waals surface area (Å²) in [6, 6.07) is 120. The standard InChI is InChI=1S/2C68H62N2/c1-65(2,3)49-33-41-23-25-45-37-53(67(7,8)9)59(51-29-27-43(35-49)57(41)61(45)51)39-17-15-19-47(31-39)63-64(70-56-22-14-13-21-55(56)69-63)48-20-16-18-40(32-48)60-52-30-28-44-36-50(66(4,5)6)34-42-24-26-46(62(52)58(42)44)38-54(60)68(10,11)12;1-65(2,3)49-33-43-25-27-47-37-53(67(7,8)9)59(51-31-29-45(35-49)57(43)61(47)51)39-17-21-41(22-18-39)63-64(70-56-16-14-13-15-55(56)69-63)42-23-19-40(20-24-42)60-52-32-30-46-36-50(66(4,5)6)34-44-26-28-48(62(52)58(44)46)38-54(60)68(10,11)12/h2*13-38H,1-12H3. The van der Waals surface area contributed by atoms with E-state index in [2.05, 4.69) is 482 Å². The van der Waals surface area contributed by atoms with Gasteiger partial charge in [0.05, 0.1) is 44.8 Å². The normalized spacial score (nSPS) is 13.1. The number of fused-ring (bicyclic) bond motifs is 2. The predicted octanol–water partition coefficient (Wildman–Crippen LogP) is 38.6. The van der Waals surface area contributed by atoms with Crippen molar-refractivity contribution in [3.8, 4) is 89.5 Å². The van der Waals surface area contributed by atoms with Crippen molar-refractivity contribution in [1.82, 2.24) is 19.9 Å². The largest absolute Gasteiger partial charge is 0.244 e. The average molecular weight is 1810 g/mol. The number of hydrogen-bond donors (Lipinski definition) is 0. The summed E-state index contributed by atoms with van der Waals surface area (Å²) in [7, 11) is 0. The molecule has 0 aliphatic heterocycles. The first-order chi connectivity index (χ1) is 66.4. The Labute approximate surface area is 824 Å². The molecule has 0 saturated heterocycles. The minimum atomic E-state index is -0.115. The molecule has 4 nitrogen and oxygen atoms in total. The first-order valence-corrected chi connectivity index (χ1v) is 50.4. The van der Waals surface area contributed by atoms with E-state index < -0.39 is 0 Å². The molecule has 0 bridgehead atoms. The highest BCUT2D eigenvalue weighted by Crippen LogP contribution is 2.54. The monoisotopic (exact) mass is 1810 g/mol. The summed E-state index contributed by atoms with van der Waals surface area (Å²) in [5.41, 5.74) is 31.9. The van der Waals surface area contributed by atoms with Gasteiger partial charge in [0.2, 0.25) is 0 Å². The molecule has 0 spiro atoms. The molecule has 0 N–H and O–H groups in total.